The van der Waals surface area contributed by atoms with Crippen LogP contribution < -0.4 is 25.3 Å². The van der Waals surface area contributed by atoms with E-state index < -0.39 is 12.0 Å². The van der Waals surface area contributed by atoms with Gasteiger partial charge in [0.05, 0.1) is 32.0 Å². The van der Waals surface area contributed by atoms with Gasteiger partial charge in [0.1, 0.15) is 6.04 Å². The van der Waals surface area contributed by atoms with Crippen molar-refractivity contribution in [1.29, 1.82) is 0 Å². The minimum absolute atomic E-state index is 0.0174. The summed E-state index contributed by atoms with van der Waals surface area (Å²) in [6.45, 7) is 1.70. The number of methoxy groups -OCH3 is 2. The standard InChI is InChI=1S/C23H23N3O5/c1-14(25-18-10-6-8-15-7-4-5-9-17(15)18)22(27)26-24-13-16-11-12-19(30-2)21(31-3)20(16)23(28)29/h4-14,25H,1-3H3,(H,26,27)(H,28,29)/p-1/b24-13+. The Morgan fingerprint density at radius 2 is 1.77 bits per heavy atom. The smallest absolute Gasteiger partial charge is 0.262 e. The normalized spacial score (nSPS) is 11.8. The van der Waals surface area contributed by atoms with E-state index >= 15 is 0 Å². The van der Waals surface area contributed by atoms with Crippen LogP contribution in [-0.4, -0.2) is 38.4 Å². The number of carbonyl (C=O) groups is 2. The summed E-state index contributed by atoms with van der Waals surface area (Å²) < 4.78 is 10.2. The Labute approximate surface area is 179 Å². The second-order valence-electron chi connectivity index (χ2n) is 6.68. The van der Waals surface area contributed by atoms with E-state index in [0.29, 0.717) is 0 Å². The number of ether oxygens (including phenoxy) is 2. The summed E-state index contributed by atoms with van der Waals surface area (Å²) in [5, 5.41) is 20.7. The molecule has 0 fully saturated rings. The zero-order chi connectivity index (χ0) is 22.4. The molecule has 160 valence electrons. The number of nitrogens with one attached hydrogen (secondary N) is 2. The maximum Gasteiger partial charge on any atom is 0.262 e. The van der Waals surface area contributed by atoms with Crippen molar-refractivity contribution in [3.05, 3.63) is 65.7 Å². The SMILES string of the molecule is COc1ccc(/C=N/NC(=O)C(C)Nc2cccc3ccccc23)c(C(=O)[O-])c1OC. The number of anilines is 1. The van der Waals surface area contributed by atoms with Crippen molar-refractivity contribution in [2.24, 2.45) is 5.10 Å². The largest absolute Gasteiger partial charge is 0.545 e. The Balaban J connectivity index is 1.74. The number of hydrazone groups is 1. The van der Waals surface area contributed by atoms with Gasteiger partial charge in [-0.1, -0.05) is 36.4 Å². The summed E-state index contributed by atoms with van der Waals surface area (Å²) in [5.41, 5.74) is 3.22. The first-order chi connectivity index (χ1) is 15.0. The van der Waals surface area contributed by atoms with Crippen LogP contribution in [0.25, 0.3) is 10.8 Å². The third kappa shape index (κ3) is 4.75. The van der Waals surface area contributed by atoms with Crippen LogP contribution in [0.1, 0.15) is 22.8 Å². The summed E-state index contributed by atoms with van der Waals surface area (Å²) in [6, 6.07) is 16.1. The third-order valence-electron chi connectivity index (χ3n) is 4.72. The van der Waals surface area contributed by atoms with Crippen molar-refractivity contribution in [2.45, 2.75) is 13.0 Å². The summed E-state index contributed by atoms with van der Waals surface area (Å²) in [4.78, 5) is 24.0. The number of carboxylic acid groups (broad SMARTS) is 1. The van der Waals surface area contributed by atoms with Crippen LogP contribution in [0.15, 0.2) is 59.7 Å². The van der Waals surface area contributed by atoms with Gasteiger partial charge in [0.25, 0.3) is 5.91 Å². The number of fused-ring (bicyclic) bond motifs is 1. The number of benzene rings is 3. The number of nitrogens with zero attached hydrogens (tertiary/aromatic N) is 1. The lowest BCUT2D eigenvalue weighted by atomic mass is 10.1. The molecule has 0 saturated heterocycles. The molecule has 0 saturated carbocycles. The van der Waals surface area contributed by atoms with Gasteiger partial charge in [-0.3, -0.25) is 4.79 Å². The fourth-order valence-electron chi connectivity index (χ4n) is 3.17. The molecule has 0 bridgehead atoms. The van der Waals surface area contributed by atoms with Gasteiger partial charge < -0.3 is 24.7 Å². The Morgan fingerprint density at radius 3 is 2.48 bits per heavy atom. The van der Waals surface area contributed by atoms with E-state index in [1.807, 2.05) is 42.5 Å². The average molecular weight is 420 g/mol. The first kappa shape index (κ1) is 21.6. The van der Waals surface area contributed by atoms with E-state index in [9.17, 15) is 14.7 Å². The van der Waals surface area contributed by atoms with E-state index in [2.05, 4.69) is 15.8 Å². The second-order valence-corrected chi connectivity index (χ2v) is 6.68. The molecule has 0 radical (unpaired) electrons. The number of carbonyl (C=O) groups excluding carboxylic acids is 2. The zero-order valence-corrected chi connectivity index (χ0v) is 17.3. The molecule has 3 rings (SSSR count). The molecule has 8 heteroatoms. The van der Waals surface area contributed by atoms with Crippen LogP contribution in [0, 0.1) is 0 Å². The van der Waals surface area contributed by atoms with Gasteiger partial charge in [0.2, 0.25) is 0 Å². The van der Waals surface area contributed by atoms with Crippen molar-refractivity contribution >= 4 is 34.6 Å². The van der Waals surface area contributed by atoms with Crippen LogP contribution in [-0.2, 0) is 4.79 Å². The highest BCUT2D eigenvalue weighted by molar-refractivity contribution is 6.01. The predicted molar refractivity (Wildman–Crippen MR) is 117 cm³/mol. The Hall–Kier alpha value is -4.07. The fraction of sp³-hybridized carbons (Fsp3) is 0.174. The minimum atomic E-state index is -1.45. The van der Waals surface area contributed by atoms with Crippen molar-refractivity contribution in [3.8, 4) is 11.5 Å². The molecule has 1 amide bonds. The number of hydrogen-bond acceptors (Lipinski definition) is 7. The maximum absolute atomic E-state index is 12.5. The molecule has 0 aliphatic carbocycles. The van der Waals surface area contributed by atoms with Crippen LogP contribution in [0.5, 0.6) is 11.5 Å². The maximum atomic E-state index is 12.5. The highest BCUT2D eigenvalue weighted by atomic mass is 16.5. The zero-order valence-electron chi connectivity index (χ0n) is 17.3. The van der Waals surface area contributed by atoms with Gasteiger partial charge in [-0.25, -0.2) is 5.43 Å². The van der Waals surface area contributed by atoms with E-state index in [1.54, 1.807) is 13.0 Å². The lowest BCUT2D eigenvalue weighted by molar-refractivity contribution is -0.255. The molecule has 0 heterocycles. The Morgan fingerprint density at radius 1 is 1.03 bits per heavy atom. The molecule has 1 unspecified atom stereocenters. The molecule has 3 aromatic rings. The molecule has 0 aliphatic heterocycles. The van der Waals surface area contributed by atoms with Gasteiger partial charge in [-0.15, -0.1) is 0 Å². The molecule has 0 aliphatic rings. The summed E-state index contributed by atoms with van der Waals surface area (Å²) >= 11 is 0. The van der Waals surface area contributed by atoms with Gasteiger partial charge in [-0.05, 0) is 30.5 Å². The second kappa shape index (κ2) is 9.62. The van der Waals surface area contributed by atoms with E-state index in [0.717, 1.165) is 16.5 Å². The van der Waals surface area contributed by atoms with E-state index in [1.165, 1.54) is 26.5 Å². The molecular formula is C23H22N3O5-. The van der Waals surface area contributed by atoms with E-state index in [4.69, 9.17) is 9.47 Å². The molecule has 0 spiro atoms. The lowest BCUT2D eigenvalue weighted by Gasteiger charge is -2.16. The van der Waals surface area contributed by atoms with Crippen molar-refractivity contribution in [2.75, 3.05) is 19.5 Å². The molecule has 3 aromatic carbocycles. The number of amides is 1. The van der Waals surface area contributed by atoms with Gasteiger partial charge in [0.15, 0.2) is 11.5 Å². The van der Waals surface area contributed by atoms with Crippen molar-refractivity contribution in [3.63, 3.8) is 0 Å². The topological polar surface area (TPSA) is 112 Å². The van der Waals surface area contributed by atoms with Gasteiger partial charge in [0, 0.05) is 16.6 Å². The Kier molecular flexibility index (Phi) is 6.71. The van der Waals surface area contributed by atoms with Crippen LogP contribution >= 0.6 is 0 Å². The minimum Gasteiger partial charge on any atom is -0.545 e. The third-order valence-corrected chi connectivity index (χ3v) is 4.72. The quantitative estimate of drug-likeness (QED) is 0.427. The lowest BCUT2D eigenvalue weighted by Crippen LogP contribution is -2.35. The fourth-order valence-corrected chi connectivity index (χ4v) is 3.17. The summed E-state index contributed by atoms with van der Waals surface area (Å²) in [7, 11) is 2.73. The molecule has 2 N–H and O–H groups in total. The number of hydrogen-bond donors (Lipinski definition) is 2. The van der Waals surface area contributed by atoms with Crippen LogP contribution in [0.4, 0.5) is 5.69 Å². The van der Waals surface area contributed by atoms with Crippen molar-refractivity contribution < 1.29 is 24.2 Å². The summed E-state index contributed by atoms with van der Waals surface area (Å²) in [6.07, 6.45) is 1.22. The number of aromatic carboxylic acids is 1. The number of carboxylic acids is 1. The monoisotopic (exact) mass is 420 g/mol. The highest BCUT2D eigenvalue weighted by Crippen LogP contribution is 2.32. The summed E-state index contributed by atoms with van der Waals surface area (Å²) in [5.74, 6) is -1.58. The highest BCUT2D eigenvalue weighted by Gasteiger charge is 2.16. The number of rotatable bonds is 8. The molecule has 1 atom stereocenters. The molecular weight excluding hydrogens is 398 g/mol. The predicted octanol–water partition coefficient (Wildman–Crippen LogP) is 2.17. The van der Waals surface area contributed by atoms with Gasteiger partial charge in [-0.2, -0.15) is 5.10 Å². The van der Waals surface area contributed by atoms with Gasteiger partial charge >= 0.3 is 0 Å². The van der Waals surface area contributed by atoms with E-state index in [-0.39, 0.29) is 28.5 Å². The molecule has 31 heavy (non-hydrogen) atoms. The molecule has 0 aromatic heterocycles. The van der Waals surface area contributed by atoms with Crippen LogP contribution in [0.2, 0.25) is 0 Å². The van der Waals surface area contributed by atoms with Crippen molar-refractivity contribution in [1.82, 2.24) is 5.43 Å². The average Bonchev–Trinajstić information content (AvgIpc) is 2.78. The first-order valence-corrected chi connectivity index (χ1v) is 9.49. The Bertz CT molecular complexity index is 1140. The van der Waals surface area contributed by atoms with Crippen LogP contribution in [0.3, 0.4) is 0 Å². The first-order valence-electron chi connectivity index (χ1n) is 9.49. The molecule has 8 nitrogen and oxygen atoms in total.